The van der Waals surface area contributed by atoms with E-state index in [1.807, 2.05) is 68.4 Å². The summed E-state index contributed by atoms with van der Waals surface area (Å²) < 4.78 is 8.27. The monoisotopic (exact) mass is 493 g/mol. The molecule has 1 fully saturated rings. The lowest BCUT2D eigenvalue weighted by molar-refractivity contribution is -0.117. The van der Waals surface area contributed by atoms with Crippen molar-refractivity contribution in [2.45, 2.75) is 32.7 Å². The topological polar surface area (TPSA) is 47.4 Å². The predicted molar refractivity (Wildman–Crippen MR) is 137 cm³/mol. The number of carbonyl (C=O) groups is 1. The average Bonchev–Trinajstić information content (AvgIpc) is 3.38. The number of imidazole rings is 1. The number of carbonyl (C=O) groups excluding carboxylic acids is 1. The molecule has 0 bridgehead atoms. The fraction of sp³-hybridized carbons (Fsp3) is 0.259. The number of nitrogens with zero attached hydrogens (tertiary/aromatic N) is 3. The summed E-state index contributed by atoms with van der Waals surface area (Å²) in [6, 6.07) is 19.4. The summed E-state index contributed by atoms with van der Waals surface area (Å²) >= 11 is 12.7. The van der Waals surface area contributed by atoms with Crippen LogP contribution in [0.2, 0.25) is 10.0 Å². The van der Waals surface area contributed by atoms with E-state index < -0.39 is 0 Å². The first-order chi connectivity index (χ1) is 16.4. The second-order valence-corrected chi connectivity index (χ2v) is 9.47. The van der Waals surface area contributed by atoms with E-state index in [1.54, 1.807) is 4.90 Å². The molecule has 0 saturated carbocycles. The third-order valence-corrected chi connectivity index (χ3v) is 7.23. The molecule has 1 unspecified atom stereocenters. The molecule has 4 aromatic rings. The van der Waals surface area contributed by atoms with Crippen molar-refractivity contribution in [1.29, 1.82) is 0 Å². The van der Waals surface area contributed by atoms with Crippen molar-refractivity contribution >= 4 is 45.8 Å². The first-order valence-electron chi connectivity index (χ1n) is 11.3. The van der Waals surface area contributed by atoms with Crippen LogP contribution in [0.3, 0.4) is 0 Å². The van der Waals surface area contributed by atoms with E-state index in [1.165, 1.54) is 0 Å². The highest BCUT2D eigenvalue weighted by Crippen LogP contribution is 2.36. The number of fused-ring (bicyclic) bond motifs is 1. The quantitative estimate of drug-likeness (QED) is 0.305. The van der Waals surface area contributed by atoms with Gasteiger partial charge >= 0.3 is 0 Å². The lowest BCUT2D eigenvalue weighted by Crippen LogP contribution is -2.25. The van der Waals surface area contributed by atoms with Gasteiger partial charge in [0.25, 0.3) is 0 Å². The fourth-order valence-electron chi connectivity index (χ4n) is 4.67. The van der Waals surface area contributed by atoms with Crippen molar-refractivity contribution in [2.24, 2.45) is 0 Å². The van der Waals surface area contributed by atoms with Crippen molar-refractivity contribution in [3.05, 3.63) is 87.7 Å². The van der Waals surface area contributed by atoms with Gasteiger partial charge in [0, 0.05) is 23.9 Å². The van der Waals surface area contributed by atoms with Crippen LogP contribution in [0.1, 0.15) is 29.3 Å². The molecule has 3 aromatic carbocycles. The van der Waals surface area contributed by atoms with Gasteiger partial charge in [-0.25, -0.2) is 4.98 Å². The highest BCUT2D eigenvalue weighted by atomic mass is 35.5. The SMILES string of the molecule is Cc1cc(OCCn2c(C3CC(=O)N(c4ccccc4Cl)C3)nc3ccccc32)cc(C)c1Cl. The molecule has 1 atom stereocenters. The van der Waals surface area contributed by atoms with Gasteiger partial charge in [-0.15, -0.1) is 0 Å². The standard InChI is InChI=1S/C27H25Cl2N3O2/c1-17-13-20(14-18(2)26(17)29)34-12-11-31-24-10-6-4-8-22(24)30-27(31)19-15-25(33)32(16-19)23-9-5-3-7-21(23)28/h3-10,13-14,19H,11-12,15-16H2,1-2H3. The Morgan fingerprint density at radius 3 is 2.50 bits per heavy atom. The van der Waals surface area contributed by atoms with Gasteiger partial charge in [0.15, 0.2) is 0 Å². The van der Waals surface area contributed by atoms with Gasteiger partial charge in [-0.1, -0.05) is 47.5 Å². The van der Waals surface area contributed by atoms with Crippen molar-refractivity contribution in [3.8, 4) is 5.75 Å². The highest BCUT2D eigenvalue weighted by Gasteiger charge is 2.35. The Kier molecular flexibility index (Phi) is 6.24. The fourth-order valence-corrected chi connectivity index (χ4v) is 5.02. The zero-order chi connectivity index (χ0) is 23.8. The maximum absolute atomic E-state index is 12.9. The summed E-state index contributed by atoms with van der Waals surface area (Å²) in [7, 11) is 0. The van der Waals surface area contributed by atoms with Crippen LogP contribution in [0.25, 0.3) is 11.0 Å². The molecular weight excluding hydrogens is 469 g/mol. The second-order valence-electron chi connectivity index (χ2n) is 8.69. The number of ether oxygens (including phenoxy) is 1. The van der Waals surface area contributed by atoms with Crippen LogP contribution in [-0.4, -0.2) is 28.6 Å². The van der Waals surface area contributed by atoms with Crippen molar-refractivity contribution in [3.63, 3.8) is 0 Å². The second kappa shape index (κ2) is 9.32. The number of aryl methyl sites for hydroxylation is 2. The summed E-state index contributed by atoms with van der Waals surface area (Å²) in [5, 5.41) is 1.34. The molecule has 2 heterocycles. The van der Waals surface area contributed by atoms with Crippen molar-refractivity contribution in [2.75, 3.05) is 18.1 Å². The minimum Gasteiger partial charge on any atom is -0.492 e. The molecule has 0 N–H and O–H groups in total. The molecule has 5 rings (SSSR count). The van der Waals surface area contributed by atoms with Crippen LogP contribution in [-0.2, 0) is 11.3 Å². The Bertz CT molecular complexity index is 1360. The van der Waals surface area contributed by atoms with Gasteiger partial charge in [0.1, 0.15) is 18.2 Å². The van der Waals surface area contributed by atoms with Crippen LogP contribution in [0, 0.1) is 13.8 Å². The molecule has 1 aromatic heterocycles. The first kappa shape index (κ1) is 22.8. The van der Waals surface area contributed by atoms with E-state index >= 15 is 0 Å². The van der Waals surface area contributed by atoms with E-state index in [2.05, 4.69) is 10.6 Å². The summed E-state index contributed by atoms with van der Waals surface area (Å²) in [5.41, 5.74) is 4.69. The summed E-state index contributed by atoms with van der Waals surface area (Å²) in [6.45, 7) is 5.59. The molecule has 0 radical (unpaired) electrons. The van der Waals surface area contributed by atoms with E-state index in [-0.39, 0.29) is 11.8 Å². The molecule has 1 saturated heterocycles. The summed E-state index contributed by atoms with van der Waals surface area (Å²) in [6.07, 6.45) is 0.394. The number of anilines is 1. The normalized spacial score (nSPS) is 15.9. The zero-order valence-corrected chi connectivity index (χ0v) is 20.6. The minimum absolute atomic E-state index is 0.0313. The number of amides is 1. The Morgan fingerprint density at radius 2 is 1.74 bits per heavy atom. The number of benzene rings is 3. The molecule has 1 aliphatic rings. The van der Waals surface area contributed by atoms with Crippen LogP contribution >= 0.6 is 23.2 Å². The van der Waals surface area contributed by atoms with E-state index in [9.17, 15) is 4.79 Å². The van der Waals surface area contributed by atoms with Gasteiger partial charge < -0.3 is 14.2 Å². The van der Waals surface area contributed by atoms with Crippen LogP contribution < -0.4 is 9.64 Å². The third-order valence-electron chi connectivity index (χ3n) is 6.31. The number of hydrogen-bond donors (Lipinski definition) is 0. The number of rotatable bonds is 6. The maximum atomic E-state index is 12.9. The van der Waals surface area contributed by atoms with Gasteiger partial charge in [0.05, 0.1) is 28.3 Å². The average molecular weight is 494 g/mol. The Balaban J connectivity index is 1.41. The number of para-hydroxylation sites is 3. The molecule has 5 nitrogen and oxygen atoms in total. The molecule has 7 heteroatoms. The summed E-state index contributed by atoms with van der Waals surface area (Å²) in [4.78, 5) is 19.6. The van der Waals surface area contributed by atoms with Crippen LogP contribution in [0.4, 0.5) is 5.69 Å². The lowest BCUT2D eigenvalue weighted by atomic mass is 10.1. The van der Waals surface area contributed by atoms with Crippen LogP contribution in [0.5, 0.6) is 5.75 Å². The highest BCUT2D eigenvalue weighted by molar-refractivity contribution is 6.34. The third kappa shape index (κ3) is 4.26. The number of hydrogen-bond acceptors (Lipinski definition) is 3. The molecule has 1 amide bonds. The molecule has 1 aliphatic heterocycles. The van der Waals surface area contributed by atoms with E-state index in [0.717, 1.165) is 44.4 Å². The molecule has 0 spiro atoms. The number of aromatic nitrogens is 2. The minimum atomic E-state index is -0.0313. The molecular formula is C27H25Cl2N3O2. The molecule has 0 aliphatic carbocycles. The number of halogens is 2. The lowest BCUT2D eigenvalue weighted by Gasteiger charge is -2.18. The predicted octanol–water partition coefficient (Wildman–Crippen LogP) is 6.56. The van der Waals surface area contributed by atoms with E-state index in [4.69, 9.17) is 32.9 Å². The van der Waals surface area contributed by atoms with Gasteiger partial charge in [-0.05, 0) is 61.4 Å². The van der Waals surface area contributed by atoms with Crippen molar-refractivity contribution in [1.82, 2.24) is 9.55 Å². The Hall–Kier alpha value is -3.02. The molecule has 174 valence electrons. The maximum Gasteiger partial charge on any atom is 0.227 e. The first-order valence-corrected chi connectivity index (χ1v) is 12.1. The van der Waals surface area contributed by atoms with Gasteiger partial charge in [-0.3, -0.25) is 4.79 Å². The summed E-state index contributed by atoms with van der Waals surface area (Å²) in [5.74, 6) is 1.72. The smallest absolute Gasteiger partial charge is 0.227 e. The van der Waals surface area contributed by atoms with Gasteiger partial charge in [-0.2, -0.15) is 0 Å². The van der Waals surface area contributed by atoms with Gasteiger partial charge in [0.2, 0.25) is 5.91 Å². The largest absolute Gasteiger partial charge is 0.492 e. The molecule has 34 heavy (non-hydrogen) atoms. The van der Waals surface area contributed by atoms with E-state index in [0.29, 0.717) is 31.1 Å². The zero-order valence-electron chi connectivity index (χ0n) is 19.1. The Morgan fingerprint density at radius 1 is 1.03 bits per heavy atom. The Labute approximate surface area is 208 Å². The van der Waals surface area contributed by atoms with Crippen LogP contribution in [0.15, 0.2) is 60.7 Å². The van der Waals surface area contributed by atoms with Crippen molar-refractivity contribution < 1.29 is 9.53 Å².